The van der Waals surface area contributed by atoms with E-state index in [-0.39, 0.29) is 18.3 Å². The minimum Gasteiger partial charge on any atom is -0.466 e. The molecule has 0 atom stereocenters. The quantitative estimate of drug-likeness (QED) is 0.571. The maximum absolute atomic E-state index is 12.5. The number of pyridine rings is 1. The zero-order valence-corrected chi connectivity index (χ0v) is 16.8. The molecule has 138 valence electrons. The second-order valence-electron chi connectivity index (χ2n) is 5.48. The molecule has 0 aliphatic carbocycles. The Morgan fingerprint density at radius 1 is 1.22 bits per heavy atom. The molecule has 0 saturated heterocycles. The van der Waals surface area contributed by atoms with Crippen molar-refractivity contribution in [3.8, 4) is 11.3 Å². The van der Waals surface area contributed by atoms with Crippen LogP contribution >= 0.6 is 27.3 Å². The zero-order valence-electron chi connectivity index (χ0n) is 14.4. The summed E-state index contributed by atoms with van der Waals surface area (Å²) in [5.74, 6) is -0.646. The number of nitrogens with one attached hydrogen (secondary N) is 1. The van der Waals surface area contributed by atoms with Crippen LogP contribution in [0.1, 0.15) is 22.2 Å². The molecule has 1 aromatic carbocycles. The van der Waals surface area contributed by atoms with Crippen LogP contribution in [0.15, 0.2) is 53.3 Å². The Labute approximate surface area is 168 Å². The molecule has 0 radical (unpaired) electrons. The number of esters is 1. The first-order chi connectivity index (χ1) is 13.1. The third-order valence-corrected chi connectivity index (χ3v) is 4.95. The third-order valence-electron chi connectivity index (χ3n) is 3.54. The van der Waals surface area contributed by atoms with Gasteiger partial charge in [0, 0.05) is 27.3 Å². The smallest absolute Gasteiger partial charge is 0.311 e. The molecule has 8 heteroatoms. The maximum Gasteiger partial charge on any atom is 0.311 e. The monoisotopic (exact) mass is 445 g/mol. The highest BCUT2D eigenvalue weighted by atomic mass is 79.9. The Morgan fingerprint density at radius 3 is 2.70 bits per heavy atom. The molecule has 6 nitrogen and oxygen atoms in total. The number of halogens is 1. The fourth-order valence-electron chi connectivity index (χ4n) is 2.40. The Bertz CT molecular complexity index is 960. The summed E-state index contributed by atoms with van der Waals surface area (Å²) in [5, 5.41) is 3.19. The van der Waals surface area contributed by atoms with Crippen LogP contribution in [-0.2, 0) is 16.0 Å². The van der Waals surface area contributed by atoms with Crippen molar-refractivity contribution in [2.45, 2.75) is 13.3 Å². The first-order valence-corrected chi connectivity index (χ1v) is 9.80. The van der Waals surface area contributed by atoms with Crippen LogP contribution in [0, 0.1) is 0 Å². The predicted molar refractivity (Wildman–Crippen MR) is 108 cm³/mol. The van der Waals surface area contributed by atoms with Gasteiger partial charge in [-0.3, -0.25) is 19.9 Å². The second kappa shape index (κ2) is 8.88. The summed E-state index contributed by atoms with van der Waals surface area (Å²) in [6.45, 7) is 2.08. The molecule has 3 rings (SSSR count). The average Bonchev–Trinajstić information content (AvgIpc) is 3.04. The molecule has 3 aromatic rings. The van der Waals surface area contributed by atoms with Gasteiger partial charge in [-0.1, -0.05) is 30.3 Å². The summed E-state index contributed by atoms with van der Waals surface area (Å²) in [4.78, 5) is 33.7. The lowest BCUT2D eigenvalue weighted by atomic mass is 10.1. The van der Waals surface area contributed by atoms with Crippen molar-refractivity contribution in [2.75, 3.05) is 11.9 Å². The predicted octanol–water partition coefficient (Wildman–Crippen LogP) is 4.33. The molecule has 1 N–H and O–H groups in total. The fraction of sp³-hybridized carbons (Fsp3) is 0.158. The van der Waals surface area contributed by atoms with Gasteiger partial charge in [0.2, 0.25) is 0 Å². The zero-order chi connectivity index (χ0) is 19.2. The van der Waals surface area contributed by atoms with Gasteiger partial charge < -0.3 is 4.74 Å². The number of carbonyl (C=O) groups excluding carboxylic acids is 2. The lowest BCUT2D eigenvalue weighted by Crippen LogP contribution is -2.11. The number of benzene rings is 1. The van der Waals surface area contributed by atoms with Gasteiger partial charge in [-0.05, 0) is 28.9 Å². The van der Waals surface area contributed by atoms with E-state index >= 15 is 0 Å². The van der Waals surface area contributed by atoms with Gasteiger partial charge in [0.05, 0.1) is 24.3 Å². The molecule has 0 saturated carbocycles. The number of ether oxygens (including phenoxy) is 1. The largest absolute Gasteiger partial charge is 0.466 e. The van der Waals surface area contributed by atoms with Crippen LogP contribution in [0.2, 0.25) is 0 Å². The molecule has 27 heavy (non-hydrogen) atoms. The van der Waals surface area contributed by atoms with Gasteiger partial charge in [0.15, 0.2) is 5.13 Å². The van der Waals surface area contributed by atoms with Gasteiger partial charge in [-0.25, -0.2) is 4.98 Å². The van der Waals surface area contributed by atoms with Gasteiger partial charge in [0.1, 0.15) is 0 Å². The third kappa shape index (κ3) is 4.99. The molecule has 0 unspecified atom stereocenters. The number of aromatic nitrogens is 2. The number of amides is 1. The molecular weight excluding hydrogens is 430 g/mol. The van der Waals surface area contributed by atoms with Crippen LogP contribution in [0.5, 0.6) is 0 Å². The first-order valence-electron chi connectivity index (χ1n) is 8.19. The molecule has 2 aromatic heterocycles. The fourth-order valence-corrected chi connectivity index (χ4v) is 3.72. The van der Waals surface area contributed by atoms with Gasteiger partial charge in [-0.2, -0.15) is 0 Å². The van der Waals surface area contributed by atoms with Crippen molar-refractivity contribution >= 4 is 44.3 Å². The second-order valence-corrected chi connectivity index (χ2v) is 7.48. The van der Waals surface area contributed by atoms with Crippen molar-refractivity contribution < 1.29 is 14.3 Å². The SMILES string of the molecule is CCOC(=O)Cc1sc(NC(=O)c2cncc(Br)c2)nc1-c1ccccc1. The van der Waals surface area contributed by atoms with Gasteiger partial charge in [-0.15, -0.1) is 11.3 Å². The highest BCUT2D eigenvalue weighted by molar-refractivity contribution is 9.10. The number of rotatable bonds is 6. The average molecular weight is 446 g/mol. The highest BCUT2D eigenvalue weighted by Crippen LogP contribution is 2.32. The number of thiazole rings is 1. The van der Waals surface area contributed by atoms with Crippen LogP contribution in [0.3, 0.4) is 0 Å². The van der Waals surface area contributed by atoms with Crippen LogP contribution in [-0.4, -0.2) is 28.5 Å². The van der Waals surface area contributed by atoms with Crippen LogP contribution in [0.4, 0.5) is 5.13 Å². The summed E-state index contributed by atoms with van der Waals surface area (Å²) in [7, 11) is 0. The van der Waals surface area contributed by atoms with E-state index in [1.807, 2.05) is 30.3 Å². The number of hydrogen-bond acceptors (Lipinski definition) is 6. The van der Waals surface area contributed by atoms with Crippen molar-refractivity contribution in [3.63, 3.8) is 0 Å². The van der Waals surface area contributed by atoms with E-state index in [0.717, 1.165) is 10.4 Å². The van der Waals surface area contributed by atoms with Crippen molar-refractivity contribution in [2.24, 2.45) is 0 Å². The standard InChI is InChI=1S/C19H16BrN3O3S/c1-2-26-16(24)9-15-17(12-6-4-3-5-7-12)22-19(27-15)23-18(25)13-8-14(20)11-21-10-13/h3-8,10-11H,2,9H2,1H3,(H,22,23,25). The maximum atomic E-state index is 12.5. The van der Waals surface area contributed by atoms with E-state index in [0.29, 0.717) is 27.5 Å². The normalized spacial score (nSPS) is 10.4. The van der Waals surface area contributed by atoms with Crippen molar-refractivity contribution in [1.82, 2.24) is 9.97 Å². The topological polar surface area (TPSA) is 81.2 Å². The van der Waals surface area contributed by atoms with E-state index in [1.54, 1.807) is 19.2 Å². The van der Waals surface area contributed by atoms with E-state index in [4.69, 9.17) is 4.74 Å². The van der Waals surface area contributed by atoms with Crippen molar-refractivity contribution in [1.29, 1.82) is 0 Å². The van der Waals surface area contributed by atoms with Crippen LogP contribution < -0.4 is 5.32 Å². The lowest BCUT2D eigenvalue weighted by Gasteiger charge is -2.02. The number of hydrogen-bond donors (Lipinski definition) is 1. The van der Waals surface area contributed by atoms with E-state index in [1.165, 1.54) is 17.5 Å². The highest BCUT2D eigenvalue weighted by Gasteiger charge is 2.18. The number of carbonyl (C=O) groups is 2. The van der Waals surface area contributed by atoms with E-state index in [2.05, 4.69) is 31.2 Å². The Hall–Kier alpha value is -2.58. The first kappa shape index (κ1) is 19.2. The summed E-state index contributed by atoms with van der Waals surface area (Å²) >= 11 is 4.56. The molecule has 0 spiro atoms. The summed E-state index contributed by atoms with van der Waals surface area (Å²) in [5.41, 5.74) is 1.95. The molecule has 1 amide bonds. The van der Waals surface area contributed by atoms with Crippen LogP contribution in [0.25, 0.3) is 11.3 Å². The molecule has 0 aliphatic heterocycles. The molecule has 0 bridgehead atoms. The number of anilines is 1. The molecule has 0 fully saturated rings. The Morgan fingerprint density at radius 2 is 2.00 bits per heavy atom. The Kier molecular flexibility index (Phi) is 6.31. The summed E-state index contributed by atoms with van der Waals surface area (Å²) in [6.07, 6.45) is 3.18. The van der Waals surface area contributed by atoms with E-state index < -0.39 is 0 Å². The summed E-state index contributed by atoms with van der Waals surface area (Å²) < 4.78 is 5.76. The molecular formula is C19H16BrN3O3S. The van der Waals surface area contributed by atoms with Gasteiger partial charge >= 0.3 is 5.97 Å². The number of nitrogens with zero attached hydrogens (tertiary/aromatic N) is 2. The summed E-state index contributed by atoms with van der Waals surface area (Å²) in [6, 6.07) is 11.2. The van der Waals surface area contributed by atoms with E-state index in [9.17, 15) is 9.59 Å². The Balaban J connectivity index is 1.88. The van der Waals surface area contributed by atoms with Crippen molar-refractivity contribution in [3.05, 3.63) is 63.7 Å². The minimum atomic E-state index is -0.326. The molecule has 0 aliphatic rings. The molecule has 2 heterocycles. The lowest BCUT2D eigenvalue weighted by molar-refractivity contribution is -0.142. The van der Waals surface area contributed by atoms with Gasteiger partial charge in [0.25, 0.3) is 5.91 Å². The minimum absolute atomic E-state index is 0.101.